The number of amides is 1. The third kappa shape index (κ3) is 3.92. The van der Waals surface area contributed by atoms with Gasteiger partial charge in [0.05, 0.1) is 18.5 Å². The van der Waals surface area contributed by atoms with E-state index in [9.17, 15) is 23.5 Å². The molecule has 5 nitrogen and oxygen atoms in total. The molecule has 0 bridgehead atoms. The number of hydrogen-bond donors (Lipinski definition) is 1. The van der Waals surface area contributed by atoms with Crippen LogP contribution in [0, 0.1) is 0 Å². The van der Waals surface area contributed by atoms with E-state index in [4.69, 9.17) is 4.74 Å². The molecule has 2 aromatic carbocycles. The van der Waals surface area contributed by atoms with E-state index in [1.54, 1.807) is 50.2 Å². The zero-order valence-electron chi connectivity index (χ0n) is 14.9. The average molecular weight is 375 g/mol. The SMILES string of the molecule is CC(C)(C(=O)O)c1ccc(Oc2ccc(C(=O)N3CC(F)(F)C3)cc2)cc1. The van der Waals surface area contributed by atoms with Crippen molar-refractivity contribution in [1.29, 1.82) is 0 Å². The van der Waals surface area contributed by atoms with Gasteiger partial charge in [0.1, 0.15) is 11.5 Å². The summed E-state index contributed by atoms with van der Waals surface area (Å²) in [5.74, 6) is -3.16. The van der Waals surface area contributed by atoms with Crippen LogP contribution < -0.4 is 4.74 Å². The molecule has 0 aliphatic carbocycles. The van der Waals surface area contributed by atoms with E-state index in [2.05, 4.69) is 0 Å². The van der Waals surface area contributed by atoms with E-state index in [0.717, 1.165) is 4.90 Å². The highest BCUT2D eigenvalue weighted by atomic mass is 19.3. The number of carbonyl (C=O) groups excluding carboxylic acids is 1. The Balaban J connectivity index is 1.65. The van der Waals surface area contributed by atoms with Crippen LogP contribution in [0.5, 0.6) is 11.5 Å². The van der Waals surface area contributed by atoms with Crippen molar-refractivity contribution >= 4 is 11.9 Å². The molecule has 0 radical (unpaired) electrons. The van der Waals surface area contributed by atoms with Gasteiger partial charge in [0.2, 0.25) is 0 Å². The normalized spacial score (nSPS) is 15.8. The lowest BCUT2D eigenvalue weighted by Crippen LogP contribution is -2.58. The fraction of sp³-hybridized carbons (Fsp3) is 0.300. The molecule has 0 saturated carbocycles. The first-order chi connectivity index (χ1) is 12.6. The topological polar surface area (TPSA) is 66.8 Å². The molecule has 0 unspecified atom stereocenters. The minimum absolute atomic E-state index is 0.316. The Morgan fingerprint density at radius 2 is 1.48 bits per heavy atom. The van der Waals surface area contributed by atoms with Crippen molar-refractivity contribution < 1.29 is 28.2 Å². The van der Waals surface area contributed by atoms with Gasteiger partial charge in [-0.25, -0.2) is 8.78 Å². The Morgan fingerprint density at radius 3 is 1.93 bits per heavy atom. The highest BCUT2D eigenvalue weighted by molar-refractivity contribution is 5.95. The van der Waals surface area contributed by atoms with Gasteiger partial charge in [-0.1, -0.05) is 12.1 Å². The maximum atomic E-state index is 12.9. The molecule has 3 rings (SSSR count). The monoisotopic (exact) mass is 375 g/mol. The Hall–Kier alpha value is -2.96. The lowest BCUT2D eigenvalue weighted by atomic mass is 9.85. The van der Waals surface area contributed by atoms with Crippen molar-refractivity contribution in [3.8, 4) is 11.5 Å². The number of carboxylic acid groups (broad SMARTS) is 1. The van der Waals surface area contributed by atoms with Crippen LogP contribution in [0.1, 0.15) is 29.8 Å². The van der Waals surface area contributed by atoms with E-state index in [0.29, 0.717) is 22.6 Å². The Morgan fingerprint density at radius 1 is 1.00 bits per heavy atom. The number of benzene rings is 2. The smallest absolute Gasteiger partial charge is 0.313 e. The molecule has 1 amide bonds. The van der Waals surface area contributed by atoms with Gasteiger partial charge in [-0.3, -0.25) is 9.59 Å². The summed E-state index contributed by atoms with van der Waals surface area (Å²) in [6, 6.07) is 12.9. The van der Waals surface area contributed by atoms with Crippen molar-refractivity contribution in [2.75, 3.05) is 13.1 Å². The van der Waals surface area contributed by atoms with Crippen molar-refractivity contribution in [3.05, 3.63) is 59.7 Å². The second-order valence-corrected chi connectivity index (χ2v) is 7.10. The van der Waals surface area contributed by atoms with Gasteiger partial charge in [-0.05, 0) is 55.8 Å². The molecule has 1 heterocycles. The molecule has 1 N–H and O–H groups in total. The third-order valence-corrected chi connectivity index (χ3v) is 4.58. The van der Waals surface area contributed by atoms with E-state index < -0.39 is 36.3 Å². The first-order valence-electron chi connectivity index (χ1n) is 8.37. The van der Waals surface area contributed by atoms with Crippen LogP contribution in [0.4, 0.5) is 8.78 Å². The second kappa shape index (κ2) is 6.64. The van der Waals surface area contributed by atoms with Gasteiger partial charge < -0.3 is 14.7 Å². The molecule has 2 aromatic rings. The summed E-state index contributed by atoms with van der Waals surface area (Å²) in [4.78, 5) is 24.5. The number of carbonyl (C=O) groups is 2. The van der Waals surface area contributed by atoms with Crippen LogP contribution in [0.2, 0.25) is 0 Å². The predicted molar refractivity (Wildman–Crippen MR) is 94.5 cm³/mol. The van der Waals surface area contributed by atoms with Gasteiger partial charge in [0.25, 0.3) is 11.8 Å². The maximum Gasteiger partial charge on any atom is 0.313 e. The molecule has 0 atom stereocenters. The first-order valence-corrected chi connectivity index (χ1v) is 8.37. The van der Waals surface area contributed by atoms with Crippen LogP contribution in [0.25, 0.3) is 0 Å². The molecule has 1 fully saturated rings. The number of likely N-dealkylation sites (tertiary alicyclic amines) is 1. The minimum atomic E-state index is -2.79. The van der Waals surface area contributed by atoms with Crippen molar-refractivity contribution in [3.63, 3.8) is 0 Å². The lowest BCUT2D eigenvalue weighted by molar-refractivity contribution is -0.142. The number of hydrogen-bond acceptors (Lipinski definition) is 3. The molecular weight excluding hydrogens is 356 g/mol. The second-order valence-electron chi connectivity index (χ2n) is 7.10. The van der Waals surface area contributed by atoms with Gasteiger partial charge in [-0.2, -0.15) is 0 Å². The van der Waals surface area contributed by atoms with Crippen molar-refractivity contribution in [2.45, 2.75) is 25.2 Å². The number of carboxylic acids is 1. The van der Waals surface area contributed by atoms with Gasteiger partial charge in [0, 0.05) is 5.56 Å². The molecular formula is C20H19F2NO4. The summed E-state index contributed by atoms with van der Waals surface area (Å²) in [6.45, 7) is 2.14. The van der Waals surface area contributed by atoms with Gasteiger partial charge >= 0.3 is 5.97 Å². The summed E-state index contributed by atoms with van der Waals surface area (Å²) in [7, 11) is 0. The lowest BCUT2D eigenvalue weighted by Gasteiger charge is -2.38. The van der Waals surface area contributed by atoms with Crippen LogP contribution in [-0.2, 0) is 10.2 Å². The van der Waals surface area contributed by atoms with E-state index >= 15 is 0 Å². The Bertz CT molecular complexity index is 853. The summed E-state index contributed by atoms with van der Waals surface area (Å²) in [6.07, 6.45) is 0. The highest BCUT2D eigenvalue weighted by Crippen LogP contribution is 2.30. The molecule has 0 aromatic heterocycles. The molecule has 7 heteroatoms. The van der Waals surface area contributed by atoms with Crippen LogP contribution in [0.15, 0.2) is 48.5 Å². The summed E-state index contributed by atoms with van der Waals surface area (Å²) in [5, 5.41) is 9.26. The number of alkyl halides is 2. The number of aliphatic carboxylic acids is 1. The molecule has 1 aliphatic rings. The summed E-state index contributed by atoms with van der Waals surface area (Å²) in [5.41, 5.74) is -0.0418. The first kappa shape index (κ1) is 18.8. The van der Waals surface area contributed by atoms with Gasteiger partial charge in [-0.15, -0.1) is 0 Å². The van der Waals surface area contributed by atoms with E-state index in [1.807, 2.05) is 0 Å². The highest BCUT2D eigenvalue weighted by Gasteiger charge is 2.46. The van der Waals surface area contributed by atoms with Crippen LogP contribution in [0.3, 0.4) is 0 Å². The number of nitrogens with zero attached hydrogens (tertiary/aromatic N) is 1. The quantitative estimate of drug-likeness (QED) is 0.860. The van der Waals surface area contributed by atoms with E-state index in [-0.39, 0.29) is 0 Å². The third-order valence-electron chi connectivity index (χ3n) is 4.58. The standard InChI is InChI=1S/C20H19F2NO4/c1-19(2,18(25)26)14-5-9-16(10-6-14)27-15-7-3-13(4-8-15)17(24)23-11-20(21,22)12-23/h3-10H,11-12H2,1-2H3,(H,25,26). The minimum Gasteiger partial charge on any atom is -0.481 e. The predicted octanol–water partition coefficient (Wildman–Crippen LogP) is 3.93. The molecule has 0 spiro atoms. The van der Waals surface area contributed by atoms with Gasteiger partial charge in [0.15, 0.2) is 0 Å². The Kier molecular flexibility index (Phi) is 4.63. The fourth-order valence-electron chi connectivity index (χ4n) is 2.70. The molecule has 1 aliphatic heterocycles. The number of rotatable bonds is 5. The zero-order valence-corrected chi connectivity index (χ0v) is 14.9. The van der Waals surface area contributed by atoms with E-state index in [1.165, 1.54) is 12.1 Å². The van der Waals surface area contributed by atoms with Crippen molar-refractivity contribution in [2.24, 2.45) is 0 Å². The Labute approximate surface area is 155 Å². The van der Waals surface area contributed by atoms with Crippen LogP contribution in [-0.4, -0.2) is 40.9 Å². The van der Waals surface area contributed by atoms with Crippen LogP contribution >= 0.6 is 0 Å². The molecule has 1 saturated heterocycles. The largest absolute Gasteiger partial charge is 0.481 e. The fourth-order valence-corrected chi connectivity index (χ4v) is 2.70. The summed E-state index contributed by atoms with van der Waals surface area (Å²) < 4.78 is 31.4. The molecule has 27 heavy (non-hydrogen) atoms. The zero-order chi connectivity index (χ0) is 19.8. The molecule has 142 valence electrons. The summed E-state index contributed by atoms with van der Waals surface area (Å²) >= 11 is 0. The number of ether oxygens (including phenoxy) is 1. The number of halogens is 2. The average Bonchev–Trinajstić information content (AvgIpc) is 2.60. The maximum absolute atomic E-state index is 12.9. The van der Waals surface area contributed by atoms with Crippen molar-refractivity contribution in [1.82, 2.24) is 4.90 Å².